The molecular formula is C57H69F2N11O6S. The number of aryl methyl sites for hydroxylation is 1. The summed E-state index contributed by atoms with van der Waals surface area (Å²) in [5.74, 6) is -2.31. The highest BCUT2D eigenvalue weighted by atomic mass is 32.1. The number of morpholine rings is 1. The second kappa shape index (κ2) is 24.8. The van der Waals surface area contributed by atoms with E-state index >= 15 is 8.78 Å². The zero-order chi connectivity index (χ0) is 54.2. The van der Waals surface area contributed by atoms with Crippen molar-refractivity contribution < 1.29 is 37.8 Å². The summed E-state index contributed by atoms with van der Waals surface area (Å²) in [6.45, 7) is 12.5. The van der Waals surface area contributed by atoms with E-state index in [9.17, 15) is 24.3 Å². The first-order valence-electron chi connectivity index (χ1n) is 26.7. The van der Waals surface area contributed by atoms with Crippen LogP contribution in [0.1, 0.15) is 88.6 Å². The van der Waals surface area contributed by atoms with Gasteiger partial charge in [0.05, 0.1) is 77.1 Å². The van der Waals surface area contributed by atoms with Crippen LogP contribution in [-0.2, 0) is 37.0 Å². The molecule has 4 N–H and O–H groups in total. The first-order chi connectivity index (χ1) is 37.1. The Hall–Kier alpha value is -6.58. The third-order valence-electron chi connectivity index (χ3n) is 14.8. The summed E-state index contributed by atoms with van der Waals surface area (Å²) in [5, 5.41) is 24.2. The number of carbonyl (C=O) groups excluding carboxylic acids is 4. The maximum atomic E-state index is 15.5. The van der Waals surface area contributed by atoms with Gasteiger partial charge in [-0.25, -0.2) is 18.7 Å². The van der Waals surface area contributed by atoms with Gasteiger partial charge >= 0.3 is 0 Å². The normalized spacial score (nSPS) is 18.1. The second-order valence-corrected chi connectivity index (χ2v) is 22.4. The molecule has 77 heavy (non-hydrogen) atoms. The third-order valence-corrected chi connectivity index (χ3v) is 15.8. The molecule has 4 amide bonds. The van der Waals surface area contributed by atoms with E-state index in [1.807, 2.05) is 79.3 Å². The van der Waals surface area contributed by atoms with Crippen LogP contribution in [0.5, 0.6) is 0 Å². The van der Waals surface area contributed by atoms with Gasteiger partial charge in [0.15, 0.2) is 0 Å². The van der Waals surface area contributed by atoms with Crippen LogP contribution < -0.4 is 16.0 Å². The Bertz CT molecular complexity index is 3020. The number of aromatic nitrogens is 5. The number of ether oxygens (including phenoxy) is 1. The minimum absolute atomic E-state index is 0.00357. The molecule has 20 heteroatoms. The zero-order valence-electron chi connectivity index (χ0n) is 44.3. The lowest BCUT2D eigenvalue weighted by Gasteiger charge is -2.35. The summed E-state index contributed by atoms with van der Waals surface area (Å²) in [4.78, 5) is 74.3. The van der Waals surface area contributed by atoms with Gasteiger partial charge in [-0.05, 0) is 72.9 Å². The summed E-state index contributed by atoms with van der Waals surface area (Å²) in [6, 6.07) is 14.4. The van der Waals surface area contributed by atoms with Gasteiger partial charge in [0, 0.05) is 88.1 Å². The van der Waals surface area contributed by atoms with Crippen LogP contribution in [0.15, 0.2) is 78.7 Å². The number of carbonyl (C=O) groups is 4. The van der Waals surface area contributed by atoms with Crippen molar-refractivity contribution in [2.75, 3.05) is 59.0 Å². The predicted octanol–water partition coefficient (Wildman–Crippen LogP) is 6.83. The smallest absolute Gasteiger partial charge is 0.246 e. The van der Waals surface area contributed by atoms with Gasteiger partial charge in [-0.2, -0.15) is 5.10 Å². The largest absolute Gasteiger partial charge is 0.391 e. The third kappa shape index (κ3) is 13.8. The van der Waals surface area contributed by atoms with Crippen LogP contribution >= 0.6 is 11.3 Å². The fourth-order valence-corrected chi connectivity index (χ4v) is 11.2. The van der Waals surface area contributed by atoms with Crippen molar-refractivity contribution in [3.63, 3.8) is 0 Å². The minimum atomic E-state index is -0.912. The molecule has 17 nitrogen and oxygen atoms in total. The summed E-state index contributed by atoms with van der Waals surface area (Å²) < 4.78 is 38.2. The summed E-state index contributed by atoms with van der Waals surface area (Å²) >= 11 is 1.57. The molecule has 0 radical (unpaired) electrons. The number of halogens is 2. The lowest BCUT2D eigenvalue weighted by atomic mass is 9.85. The summed E-state index contributed by atoms with van der Waals surface area (Å²) in [7, 11) is 0. The van der Waals surface area contributed by atoms with E-state index < -0.39 is 41.1 Å². The number of rotatable bonds is 19. The molecule has 3 fully saturated rings. The number of likely N-dealkylation sites (tertiary alicyclic amines) is 2. The van der Waals surface area contributed by atoms with E-state index in [0.29, 0.717) is 93.1 Å². The van der Waals surface area contributed by atoms with Gasteiger partial charge in [-0.1, -0.05) is 63.6 Å². The minimum Gasteiger partial charge on any atom is -0.391 e. The molecule has 0 spiro atoms. The van der Waals surface area contributed by atoms with E-state index in [4.69, 9.17) is 9.72 Å². The molecule has 0 saturated carbocycles. The van der Waals surface area contributed by atoms with Gasteiger partial charge in [0.25, 0.3) is 0 Å². The first kappa shape index (κ1) is 55.2. The standard InChI is InChI=1S/C57H69F2N11O6S/c1-36-53(77-35-63-36)38-14-12-37(13-15-38)28-62-55(74)49-27-42(71)32-69(49)56(75)54(57(2,3)4)66-50(72)11-6-5-7-18-60-51(73)34-67-19-16-41(17-20-67)70-31-40(29-64-70)48-30-61-47-10-8-9-43(52(47)65-48)39-25-45(58)44(46(59)26-39)33-68-21-23-76-24-22-68/h8-10,12-15,25-26,29-31,35,41-42,49,54,71H,5-7,11,16-24,27-28,32-34H2,1-4H3,(H,60,73)(H,62,74)(H,66,72)/t42-,49+,54-/m1/s1. The van der Waals surface area contributed by atoms with Crippen molar-refractivity contribution in [2.24, 2.45) is 5.41 Å². The number of fused-ring (bicyclic) bond motifs is 1. The first-order valence-corrected chi connectivity index (χ1v) is 27.6. The fraction of sp³-hybridized carbons (Fsp3) is 0.474. The van der Waals surface area contributed by atoms with Crippen molar-refractivity contribution >= 4 is 46.0 Å². The number of nitrogens with one attached hydrogen (secondary N) is 3. The maximum absolute atomic E-state index is 15.5. The van der Waals surface area contributed by atoms with Gasteiger partial charge in [-0.3, -0.25) is 38.6 Å². The lowest BCUT2D eigenvalue weighted by molar-refractivity contribution is -0.144. The van der Waals surface area contributed by atoms with Gasteiger partial charge in [0.2, 0.25) is 23.6 Å². The van der Waals surface area contributed by atoms with Gasteiger partial charge < -0.3 is 30.7 Å². The Morgan fingerprint density at radius 1 is 0.870 bits per heavy atom. The molecule has 9 rings (SSSR count). The molecule has 3 atom stereocenters. The van der Waals surface area contributed by atoms with Crippen molar-refractivity contribution in [3.05, 3.63) is 107 Å². The highest BCUT2D eigenvalue weighted by molar-refractivity contribution is 7.13. The highest BCUT2D eigenvalue weighted by Crippen LogP contribution is 2.33. The number of β-amino-alcohol motifs (C(OH)–C–C–N with tert-alkyl or cyclic N) is 1. The number of aliphatic hydroxyl groups excluding tert-OH is 1. The molecule has 3 aromatic carbocycles. The molecule has 3 aliphatic rings. The number of amides is 4. The van der Waals surface area contributed by atoms with Crippen LogP contribution in [0.2, 0.25) is 0 Å². The molecule has 6 aromatic rings. The molecule has 3 saturated heterocycles. The van der Waals surface area contributed by atoms with Crippen LogP contribution in [0.4, 0.5) is 8.78 Å². The number of piperidine rings is 1. The van der Waals surface area contributed by atoms with E-state index in [1.54, 1.807) is 35.9 Å². The van der Waals surface area contributed by atoms with Gasteiger partial charge in [0.1, 0.15) is 23.7 Å². The molecule has 3 aromatic heterocycles. The Labute approximate surface area is 451 Å². The van der Waals surface area contributed by atoms with Crippen LogP contribution in [0.3, 0.4) is 0 Å². The van der Waals surface area contributed by atoms with E-state index in [2.05, 4.69) is 35.9 Å². The molecular weight excluding hydrogens is 1000 g/mol. The molecule has 0 bridgehead atoms. The number of aliphatic hydroxyl groups is 1. The number of benzene rings is 3. The van der Waals surface area contributed by atoms with E-state index in [1.165, 1.54) is 17.0 Å². The fourth-order valence-electron chi connectivity index (χ4n) is 10.4. The molecule has 6 heterocycles. The Morgan fingerprint density at radius 2 is 1.62 bits per heavy atom. The van der Waals surface area contributed by atoms with Crippen molar-refractivity contribution in [1.82, 2.24) is 55.4 Å². The number of hydrogen-bond donors (Lipinski definition) is 4. The average Bonchev–Trinajstić information content (AvgIpc) is 4.22. The van der Waals surface area contributed by atoms with Crippen molar-refractivity contribution in [3.8, 4) is 32.8 Å². The molecule has 0 unspecified atom stereocenters. The number of thiazole rings is 1. The van der Waals surface area contributed by atoms with Crippen LogP contribution in [0, 0.1) is 24.0 Å². The SMILES string of the molecule is Cc1ncsc1-c1ccc(CNC(=O)[C@@H]2C[C@@H](O)CN2C(=O)[C@@H](NC(=O)CCCCCNC(=O)CN2CCC(n3cc(-c4cnc5cccc(-c6cc(F)c(CN7CCOCC7)c(F)c6)c5n4)cn3)CC2)C(C)(C)C)cc1. The van der Waals surface area contributed by atoms with E-state index in [0.717, 1.165) is 40.1 Å². The number of nitrogens with zero attached hydrogens (tertiary/aromatic N) is 8. The number of unbranched alkanes of at least 4 members (excludes halogenated alkanes) is 2. The van der Waals surface area contributed by atoms with Crippen molar-refractivity contribution in [1.29, 1.82) is 0 Å². The maximum Gasteiger partial charge on any atom is 0.246 e. The Morgan fingerprint density at radius 3 is 2.34 bits per heavy atom. The highest BCUT2D eigenvalue weighted by Gasteiger charge is 2.44. The number of hydrogen-bond acceptors (Lipinski definition) is 13. The monoisotopic (exact) mass is 1070 g/mol. The summed E-state index contributed by atoms with van der Waals surface area (Å²) in [6.07, 6.45) is 8.36. The topological polar surface area (TPSA) is 200 Å². The van der Waals surface area contributed by atoms with Gasteiger partial charge in [-0.15, -0.1) is 11.3 Å². The van der Waals surface area contributed by atoms with E-state index in [-0.39, 0.29) is 68.3 Å². The average molecular weight is 1070 g/mol. The Kier molecular flexibility index (Phi) is 17.8. The second-order valence-electron chi connectivity index (χ2n) is 21.6. The predicted molar refractivity (Wildman–Crippen MR) is 290 cm³/mol. The summed E-state index contributed by atoms with van der Waals surface area (Å²) in [5.41, 5.74) is 7.55. The molecule has 408 valence electrons. The van der Waals surface area contributed by atoms with Crippen molar-refractivity contribution in [2.45, 2.75) is 110 Å². The number of para-hydroxylation sites is 1. The molecule has 0 aliphatic carbocycles. The Balaban J connectivity index is 0.686. The molecule has 3 aliphatic heterocycles. The quantitative estimate of drug-likeness (QED) is 0.0618. The lowest BCUT2D eigenvalue weighted by Crippen LogP contribution is -2.57. The van der Waals surface area contributed by atoms with Crippen LogP contribution in [-0.4, -0.2) is 145 Å². The van der Waals surface area contributed by atoms with Crippen LogP contribution in [0.25, 0.3) is 43.9 Å². The zero-order valence-corrected chi connectivity index (χ0v) is 45.1.